The van der Waals surface area contributed by atoms with Crippen LogP contribution >= 0.6 is 0 Å². The number of fused-ring (bicyclic) bond motifs is 1. The van der Waals surface area contributed by atoms with Crippen LogP contribution in [0.2, 0.25) is 0 Å². The summed E-state index contributed by atoms with van der Waals surface area (Å²) in [7, 11) is 0. The largest absolute Gasteiger partial charge is 0.366 e. The van der Waals surface area contributed by atoms with Crippen molar-refractivity contribution < 1.29 is 9.59 Å². The highest BCUT2D eigenvalue weighted by molar-refractivity contribution is 6.04. The minimum absolute atomic E-state index is 0.0998. The van der Waals surface area contributed by atoms with Crippen LogP contribution in [0.25, 0.3) is 22.4 Å². The van der Waals surface area contributed by atoms with Crippen molar-refractivity contribution in [3.8, 4) is 11.4 Å². The van der Waals surface area contributed by atoms with Crippen molar-refractivity contribution in [3.05, 3.63) is 78.1 Å². The number of carbonyl (C=O) groups excluding carboxylic acids is 2. The third-order valence-corrected chi connectivity index (χ3v) is 4.02. The first-order valence-electron chi connectivity index (χ1n) is 7.70. The molecule has 0 aliphatic heterocycles. The molecule has 0 aliphatic rings. The second-order valence-corrected chi connectivity index (χ2v) is 5.62. The molecule has 2 aromatic carbocycles. The molecule has 122 valence electrons. The normalized spacial score (nSPS) is 10.9. The molecule has 0 spiro atoms. The summed E-state index contributed by atoms with van der Waals surface area (Å²) in [5.41, 5.74) is 8.44. The Morgan fingerprint density at radius 3 is 2.36 bits per heavy atom. The second kappa shape index (κ2) is 5.76. The van der Waals surface area contributed by atoms with Gasteiger partial charge < -0.3 is 10.7 Å². The lowest BCUT2D eigenvalue weighted by Crippen LogP contribution is -2.11. The number of H-pyrrole nitrogens is 1. The van der Waals surface area contributed by atoms with Gasteiger partial charge in [0.05, 0.1) is 11.1 Å². The highest BCUT2D eigenvalue weighted by Crippen LogP contribution is 2.23. The minimum atomic E-state index is -0.517. The fourth-order valence-electron chi connectivity index (χ4n) is 2.76. The highest BCUT2D eigenvalue weighted by Gasteiger charge is 2.13. The van der Waals surface area contributed by atoms with Crippen LogP contribution in [0.1, 0.15) is 20.7 Å². The maximum atomic E-state index is 12.3. The molecule has 0 bridgehead atoms. The first-order chi connectivity index (χ1) is 12.1. The molecule has 4 aromatic rings. The lowest BCUT2D eigenvalue weighted by atomic mass is 10.1. The fourth-order valence-corrected chi connectivity index (χ4v) is 2.76. The molecule has 0 aliphatic carbocycles. The second-order valence-electron chi connectivity index (χ2n) is 5.62. The predicted octanol–water partition coefficient (Wildman–Crippen LogP) is 2.82. The van der Waals surface area contributed by atoms with E-state index in [9.17, 15) is 9.59 Å². The number of amides is 1. The number of rotatable bonds is 3. The highest BCUT2D eigenvalue weighted by atomic mass is 16.2. The summed E-state index contributed by atoms with van der Waals surface area (Å²) in [6, 6.07) is 16.0. The summed E-state index contributed by atoms with van der Waals surface area (Å²) in [5, 5.41) is 0. The molecule has 0 radical (unpaired) electrons. The number of aromatic nitrogens is 3. The summed E-state index contributed by atoms with van der Waals surface area (Å²) in [6.45, 7) is 0. The van der Waals surface area contributed by atoms with Crippen molar-refractivity contribution >= 4 is 22.8 Å². The average Bonchev–Trinajstić information content (AvgIpc) is 3.30. The van der Waals surface area contributed by atoms with Gasteiger partial charge in [-0.05, 0) is 36.4 Å². The SMILES string of the molecule is NC(=O)c1cccc2[nH]c(-c3ccc(C(=O)n4cccc4)cc3)nc12. The number of hydrogen-bond acceptors (Lipinski definition) is 3. The van der Waals surface area contributed by atoms with E-state index in [1.807, 2.05) is 18.2 Å². The zero-order valence-electron chi connectivity index (χ0n) is 13.1. The summed E-state index contributed by atoms with van der Waals surface area (Å²) in [4.78, 5) is 31.5. The van der Waals surface area contributed by atoms with E-state index < -0.39 is 5.91 Å². The van der Waals surface area contributed by atoms with Gasteiger partial charge >= 0.3 is 0 Å². The van der Waals surface area contributed by atoms with Crippen molar-refractivity contribution in [2.45, 2.75) is 0 Å². The maximum absolute atomic E-state index is 12.3. The molecular formula is C19H14N4O2. The molecule has 25 heavy (non-hydrogen) atoms. The van der Waals surface area contributed by atoms with E-state index in [1.165, 1.54) is 4.57 Å². The van der Waals surface area contributed by atoms with Crippen LogP contribution in [0, 0.1) is 0 Å². The van der Waals surface area contributed by atoms with E-state index in [0.717, 1.165) is 11.1 Å². The van der Waals surface area contributed by atoms with Crippen molar-refractivity contribution in [1.82, 2.24) is 14.5 Å². The van der Waals surface area contributed by atoms with E-state index in [4.69, 9.17) is 5.73 Å². The summed E-state index contributed by atoms with van der Waals surface area (Å²) >= 11 is 0. The van der Waals surface area contributed by atoms with Crippen molar-refractivity contribution in [2.75, 3.05) is 0 Å². The van der Waals surface area contributed by atoms with Crippen LogP contribution in [-0.4, -0.2) is 26.3 Å². The number of imidazole rings is 1. The Bertz CT molecular complexity index is 1080. The van der Waals surface area contributed by atoms with E-state index in [0.29, 0.717) is 22.5 Å². The Balaban J connectivity index is 1.71. The monoisotopic (exact) mass is 330 g/mol. The predicted molar refractivity (Wildman–Crippen MR) is 94.2 cm³/mol. The third-order valence-electron chi connectivity index (χ3n) is 4.02. The number of primary amides is 1. The van der Waals surface area contributed by atoms with Crippen LogP contribution in [-0.2, 0) is 0 Å². The molecule has 0 saturated carbocycles. The molecule has 0 atom stereocenters. The van der Waals surface area contributed by atoms with Gasteiger partial charge in [-0.2, -0.15) is 0 Å². The molecule has 4 rings (SSSR count). The van der Waals surface area contributed by atoms with Gasteiger partial charge in [0, 0.05) is 23.5 Å². The smallest absolute Gasteiger partial charge is 0.261 e. The molecule has 0 saturated heterocycles. The first-order valence-corrected chi connectivity index (χ1v) is 7.70. The van der Waals surface area contributed by atoms with E-state index in [1.54, 1.807) is 48.8 Å². The topological polar surface area (TPSA) is 93.8 Å². The number of nitrogens with one attached hydrogen (secondary N) is 1. The van der Waals surface area contributed by atoms with E-state index >= 15 is 0 Å². The van der Waals surface area contributed by atoms with Crippen molar-refractivity contribution in [2.24, 2.45) is 5.73 Å². The lowest BCUT2D eigenvalue weighted by Gasteiger charge is -2.03. The van der Waals surface area contributed by atoms with Crippen LogP contribution in [0.15, 0.2) is 67.0 Å². The van der Waals surface area contributed by atoms with Gasteiger partial charge in [0.2, 0.25) is 0 Å². The van der Waals surface area contributed by atoms with Gasteiger partial charge in [0.25, 0.3) is 11.8 Å². The molecule has 2 aromatic heterocycles. The number of carbonyl (C=O) groups is 2. The number of nitrogens with two attached hydrogens (primary N) is 1. The number of nitrogens with zero attached hydrogens (tertiary/aromatic N) is 2. The molecule has 6 heteroatoms. The standard InChI is InChI=1S/C19H14N4O2/c20-17(24)14-4-3-5-15-16(14)22-18(21-15)12-6-8-13(9-7-12)19(25)23-10-1-2-11-23/h1-11H,(H2,20,24)(H,21,22). The molecule has 1 amide bonds. The lowest BCUT2D eigenvalue weighted by molar-refractivity contribution is 0.0958. The van der Waals surface area contributed by atoms with Crippen molar-refractivity contribution in [1.29, 1.82) is 0 Å². The molecule has 3 N–H and O–H groups in total. The molecule has 0 fully saturated rings. The van der Waals surface area contributed by atoms with E-state index in [-0.39, 0.29) is 5.91 Å². The van der Waals surface area contributed by atoms with Gasteiger partial charge in [0.1, 0.15) is 11.3 Å². The van der Waals surface area contributed by atoms with Crippen LogP contribution < -0.4 is 5.73 Å². The van der Waals surface area contributed by atoms with Crippen LogP contribution in [0.4, 0.5) is 0 Å². The van der Waals surface area contributed by atoms with Gasteiger partial charge in [-0.1, -0.05) is 18.2 Å². The minimum Gasteiger partial charge on any atom is -0.366 e. The molecular weight excluding hydrogens is 316 g/mol. The zero-order valence-corrected chi connectivity index (χ0v) is 13.1. The third kappa shape index (κ3) is 2.59. The molecule has 0 unspecified atom stereocenters. The number of para-hydroxylation sites is 1. The number of aromatic amines is 1. The maximum Gasteiger partial charge on any atom is 0.261 e. The van der Waals surface area contributed by atoms with Crippen LogP contribution in [0.5, 0.6) is 0 Å². The zero-order chi connectivity index (χ0) is 17.4. The number of benzene rings is 2. The van der Waals surface area contributed by atoms with Gasteiger partial charge in [-0.3, -0.25) is 14.2 Å². The van der Waals surface area contributed by atoms with Crippen LogP contribution in [0.3, 0.4) is 0 Å². The molecule has 6 nitrogen and oxygen atoms in total. The Labute approximate surface area is 142 Å². The summed E-state index contributed by atoms with van der Waals surface area (Å²) in [5.74, 6) is -0.00264. The van der Waals surface area contributed by atoms with Gasteiger partial charge in [-0.25, -0.2) is 4.98 Å². The Kier molecular flexibility index (Phi) is 3.43. The van der Waals surface area contributed by atoms with Gasteiger partial charge in [0.15, 0.2) is 0 Å². The summed E-state index contributed by atoms with van der Waals surface area (Å²) in [6.07, 6.45) is 3.42. The van der Waals surface area contributed by atoms with Crippen molar-refractivity contribution in [3.63, 3.8) is 0 Å². The molecule has 2 heterocycles. The van der Waals surface area contributed by atoms with Gasteiger partial charge in [-0.15, -0.1) is 0 Å². The Hall–Kier alpha value is -3.67. The average molecular weight is 330 g/mol. The quantitative estimate of drug-likeness (QED) is 0.605. The Morgan fingerprint density at radius 1 is 0.960 bits per heavy atom. The van der Waals surface area contributed by atoms with E-state index in [2.05, 4.69) is 9.97 Å². The Morgan fingerprint density at radius 2 is 1.68 bits per heavy atom. The number of hydrogen-bond donors (Lipinski definition) is 2. The fraction of sp³-hybridized carbons (Fsp3) is 0. The summed E-state index contributed by atoms with van der Waals surface area (Å²) < 4.78 is 1.52. The first kappa shape index (κ1) is 14.9.